The Balaban J connectivity index is 2.21. The summed E-state index contributed by atoms with van der Waals surface area (Å²) >= 11 is 0. The summed E-state index contributed by atoms with van der Waals surface area (Å²) in [6.07, 6.45) is 4.10. The third-order valence-electron chi connectivity index (χ3n) is 8.70. The predicted molar refractivity (Wildman–Crippen MR) is 102 cm³/mol. The van der Waals surface area contributed by atoms with Crippen LogP contribution in [-0.2, 0) is 14.3 Å². The van der Waals surface area contributed by atoms with Crippen molar-refractivity contribution in [2.24, 2.45) is 34.0 Å². The first-order chi connectivity index (χ1) is 12.6. The minimum atomic E-state index is -0.686. The van der Waals surface area contributed by atoms with Gasteiger partial charge in [-0.25, -0.2) is 4.79 Å². The summed E-state index contributed by atoms with van der Waals surface area (Å²) in [7, 11) is 0. The van der Waals surface area contributed by atoms with E-state index in [0.717, 1.165) is 19.3 Å². The van der Waals surface area contributed by atoms with Gasteiger partial charge in [0.2, 0.25) is 0 Å². The Morgan fingerprint density at radius 2 is 2.00 bits per heavy atom. The molecule has 0 heterocycles. The van der Waals surface area contributed by atoms with Crippen LogP contribution >= 0.6 is 0 Å². The maximum absolute atomic E-state index is 13.1. The fourth-order valence-electron chi connectivity index (χ4n) is 6.70. The summed E-state index contributed by atoms with van der Waals surface area (Å²) in [5, 5.41) is 20.6. The molecule has 0 radical (unpaired) electrons. The van der Waals surface area contributed by atoms with Crippen molar-refractivity contribution < 1.29 is 24.5 Å². The minimum Gasteiger partial charge on any atom is -0.460 e. The van der Waals surface area contributed by atoms with Gasteiger partial charge in [-0.1, -0.05) is 33.8 Å². The Kier molecular flexibility index (Phi) is 5.09. The summed E-state index contributed by atoms with van der Waals surface area (Å²) in [4.78, 5) is 25.2. The van der Waals surface area contributed by atoms with E-state index in [1.165, 1.54) is 0 Å². The number of Topliss-reactive ketones (excluding diaryl/α,β-unsaturated/α-hetero) is 1. The molecule has 3 rings (SSSR count). The lowest BCUT2D eigenvalue weighted by atomic mass is 9.44. The van der Waals surface area contributed by atoms with Crippen LogP contribution in [0.3, 0.4) is 0 Å². The van der Waals surface area contributed by atoms with Crippen molar-refractivity contribution in [2.45, 2.75) is 72.0 Å². The van der Waals surface area contributed by atoms with Gasteiger partial charge in [-0.05, 0) is 42.9 Å². The van der Waals surface area contributed by atoms with Gasteiger partial charge in [0.15, 0.2) is 0 Å². The number of rotatable bonds is 3. The molecule has 152 valence electrons. The molecule has 2 N–H and O–H groups in total. The van der Waals surface area contributed by atoms with Crippen LogP contribution < -0.4 is 0 Å². The van der Waals surface area contributed by atoms with Gasteiger partial charge in [0, 0.05) is 23.2 Å². The average molecular weight is 379 g/mol. The molecule has 5 heteroatoms. The molecule has 0 aliphatic heterocycles. The van der Waals surface area contributed by atoms with Crippen LogP contribution in [0.1, 0.15) is 59.8 Å². The van der Waals surface area contributed by atoms with E-state index in [1.54, 1.807) is 6.08 Å². The van der Waals surface area contributed by atoms with E-state index >= 15 is 0 Å². The van der Waals surface area contributed by atoms with Crippen LogP contribution in [0.4, 0.5) is 0 Å². The molecule has 0 aromatic carbocycles. The molecule has 5 nitrogen and oxygen atoms in total. The largest absolute Gasteiger partial charge is 0.460 e. The van der Waals surface area contributed by atoms with Gasteiger partial charge in [0.1, 0.15) is 18.5 Å². The van der Waals surface area contributed by atoms with Crippen molar-refractivity contribution >= 4 is 11.8 Å². The van der Waals surface area contributed by atoms with Gasteiger partial charge in [-0.15, -0.1) is 6.58 Å². The van der Waals surface area contributed by atoms with E-state index < -0.39 is 35.6 Å². The molecular weight excluding hydrogens is 344 g/mol. The van der Waals surface area contributed by atoms with E-state index in [0.29, 0.717) is 12.8 Å². The predicted octanol–water partition coefficient (Wildman–Crippen LogP) is 2.89. The van der Waals surface area contributed by atoms with Crippen LogP contribution in [0.2, 0.25) is 0 Å². The normalized spacial score (nSPS) is 49.7. The van der Waals surface area contributed by atoms with Crippen molar-refractivity contribution in [3.63, 3.8) is 0 Å². The second-order valence-corrected chi connectivity index (χ2v) is 9.72. The van der Waals surface area contributed by atoms with Gasteiger partial charge >= 0.3 is 5.97 Å². The third kappa shape index (κ3) is 2.72. The molecule has 2 bridgehead atoms. The fraction of sp³-hybridized carbons (Fsp3) is 0.818. The Bertz CT molecular complexity index is 645. The quantitative estimate of drug-likeness (QED) is 0.583. The Labute approximate surface area is 162 Å². The number of aliphatic hydroxyl groups excluding tert-OH is 2. The van der Waals surface area contributed by atoms with Gasteiger partial charge < -0.3 is 14.9 Å². The lowest BCUT2D eigenvalue weighted by Gasteiger charge is -2.61. The molecule has 0 spiro atoms. The van der Waals surface area contributed by atoms with E-state index in [4.69, 9.17) is 4.74 Å². The first kappa shape index (κ1) is 20.5. The molecule has 0 amide bonds. The Morgan fingerprint density at radius 3 is 2.59 bits per heavy atom. The number of carbonyl (C=O) groups is 2. The Hall–Kier alpha value is -1.20. The van der Waals surface area contributed by atoms with Crippen LogP contribution in [0, 0.1) is 34.0 Å². The smallest absolute Gasteiger partial charge is 0.332 e. The summed E-state index contributed by atoms with van der Waals surface area (Å²) in [5.74, 6) is -0.520. The molecule has 3 fully saturated rings. The summed E-state index contributed by atoms with van der Waals surface area (Å²) < 4.78 is 5.77. The first-order valence-corrected chi connectivity index (χ1v) is 10.2. The highest BCUT2D eigenvalue weighted by atomic mass is 16.6. The van der Waals surface area contributed by atoms with Crippen molar-refractivity contribution in [2.75, 3.05) is 6.61 Å². The molecule has 0 aromatic rings. The maximum Gasteiger partial charge on any atom is 0.332 e. The van der Waals surface area contributed by atoms with E-state index in [9.17, 15) is 19.8 Å². The summed E-state index contributed by atoms with van der Waals surface area (Å²) in [5.41, 5.74) is -1.43. The van der Waals surface area contributed by atoms with Gasteiger partial charge in [0.05, 0.1) is 6.10 Å². The number of aliphatic hydroxyl groups is 2. The summed E-state index contributed by atoms with van der Waals surface area (Å²) in [6.45, 7) is 11.5. The van der Waals surface area contributed by atoms with Crippen LogP contribution in [0.15, 0.2) is 12.7 Å². The lowest BCUT2D eigenvalue weighted by Crippen LogP contribution is -2.63. The molecule has 3 aliphatic carbocycles. The monoisotopic (exact) mass is 378 g/mol. The molecule has 8 atom stereocenters. The van der Waals surface area contributed by atoms with Gasteiger partial charge in [-0.2, -0.15) is 0 Å². The topological polar surface area (TPSA) is 83.8 Å². The zero-order valence-electron chi connectivity index (χ0n) is 17.0. The van der Waals surface area contributed by atoms with Crippen molar-refractivity contribution in [3.8, 4) is 0 Å². The lowest BCUT2D eigenvalue weighted by molar-refractivity contribution is -0.207. The fourth-order valence-corrected chi connectivity index (χ4v) is 6.70. The second kappa shape index (κ2) is 6.70. The number of hydrogen-bond acceptors (Lipinski definition) is 5. The maximum atomic E-state index is 13.1. The van der Waals surface area contributed by atoms with E-state index in [-0.39, 0.29) is 29.0 Å². The highest BCUT2D eigenvalue weighted by Crippen LogP contribution is 2.67. The van der Waals surface area contributed by atoms with E-state index in [1.807, 2.05) is 6.92 Å². The molecular formula is C22H34O5. The number of carbonyl (C=O) groups excluding carboxylic acids is 2. The van der Waals surface area contributed by atoms with Crippen LogP contribution in [0.5, 0.6) is 0 Å². The van der Waals surface area contributed by atoms with Crippen molar-refractivity contribution in [1.29, 1.82) is 0 Å². The summed E-state index contributed by atoms with van der Waals surface area (Å²) in [6, 6.07) is 0. The highest BCUT2D eigenvalue weighted by molar-refractivity contribution is 5.85. The van der Waals surface area contributed by atoms with Crippen LogP contribution in [-0.4, -0.2) is 40.8 Å². The molecule has 0 unspecified atom stereocenters. The van der Waals surface area contributed by atoms with Crippen molar-refractivity contribution in [1.82, 2.24) is 0 Å². The number of ether oxygens (including phenoxy) is 1. The van der Waals surface area contributed by atoms with E-state index in [2.05, 4.69) is 27.4 Å². The molecule has 3 aliphatic rings. The van der Waals surface area contributed by atoms with Gasteiger partial charge in [-0.3, -0.25) is 4.79 Å². The molecule has 3 saturated carbocycles. The number of hydrogen-bond donors (Lipinski definition) is 2. The van der Waals surface area contributed by atoms with Crippen molar-refractivity contribution in [3.05, 3.63) is 12.7 Å². The first-order valence-electron chi connectivity index (χ1n) is 10.2. The van der Waals surface area contributed by atoms with Crippen LogP contribution in [0.25, 0.3) is 0 Å². The standard InChI is InChI=1S/C22H34O5/c1-6-20(4)11-16(27-17(25)12-23)21(5)13(2)7-9-22(14(3)19(20)26)10-8-15(24)18(21)22/h6,13-14,16,18-19,23,26H,1,7-12H2,2-5H3/t13-,14-,16+,18+,19+,20+,21-,22-/m0/s1. The average Bonchev–Trinajstić information content (AvgIpc) is 3.00. The Morgan fingerprint density at radius 1 is 1.33 bits per heavy atom. The zero-order chi connectivity index (χ0) is 20.2. The SMILES string of the molecule is C=C[C@]1(C)C[C@@H](OC(=O)CO)[C@]2(C)[C@@H](C)CC[C@]3(CCC(=O)[C@@H]32)[C@@H](C)[C@H]1O. The number of esters is 1. The molecule has 0 saturated heterocycles. The third-order valence-corrected chi connectivity index (χ3v) is 8.70. The molecule has 27 heavy (non-hydrogen) atoms. The van der Waals surface area contributed by atoms with Gasteiger partial charge in [0.25, 0.3) is 0 Å². The number of ketones is 1. The highest BCUT2D eigenvalue weighted by Gasteiger charge is 2.68. The molecule has 0 aromatic heterocycles. The minimum absolute atomic E-state index is 0.0433. The zero-order valence-corrected chi connectivity index (χ0v) is 17.0. The second-order valence-electron chi connectivity index (χ2n) is 9.72.